The van der Waals surface area contributed by atoms with E-state index in [0.29, 0.717) is 41.5 Å². The number of nitrogens with one attached hydrogen (secondary N) is 2. The van der Waals surface area contributed by atoms with Crippen molar-refractivity contribution in [2.75, 3.05) is 6.61 Å². The Morgan fingerprint density at radius 3 is 2.31 bits per heavy atom. The molecule has 2 aliphatic rings. The first-order chi connectivity index (χ1) is 15.2. The second-order valence-corrected chi connectivity index (χ2v) is 9.59. The van der Waals surface area contributed by atoms with Gasteiger partial charge in [0.15, 0.2) is 0 Å². The number of carbonyl (C=O) groups excluding carboxylic acids is 3. The van der Waals surface area contributed by atoms with Crippen LogP contribution in [0.3, 0.4) is 0 Å². The Morgan fingerprint density at radius 1 is 1.06 bits per heavy atom. The van der Waals surface area contributed by atoms with Gasteiger partial charge in [0.1, 0.15) is 5.75 Å². The van der Waals surface area contributed by atoms with Gasteiger partial charge in [0.2, 0.25) is 0 Å². The molecule has 32 heavy (non-hydrogen) atoms. The third-order valence-corrected chi connectivity index (χ3v) is 5.94. The molecule has 1 unspecified atom stereocenters. The zero-order valence-electron chi connectivity index (χ0n) is 19.5. The van der Waals surface area contributed by atoms with Gasteiger partial charge in [0.05, 0.1) is 23.6 Å². The highest BCUT2D eigenvalue weighted by atomic mass is 16.5. The Hall–Kier alpha value is -2.83. The number of hydrogen-bond donors (Lipinski definition) is 2. The fraction of sp³-hybridized carbons (Fsp3) is 0.560. The molecule has 1 heterocycles. The van der Waals surface area contributed by atoms with E-state index in [4.69, 9.17) is 9.47 Å². The molecule has 1 aliphatic carbocycles. The van der Waals surface area contributed by atoms with Crippen LogP contribution in [0.2, 0.25) is 0 Å². The van der Waals surface area contributed by atoms with Gasteiger partial charge in [-0.3, -0.25) is 4.79 Å². The van der Waals surface area contributed by atoms with Crippen LogP contribution in [0.25, 0.3) is 0 Å². The standard InChI is InChI=1S/C25H34N2O5/c1-5-19-20(22(28)31-15-16-9-7-6-8-10-16)21(27-24(30)26-19)17-11-13-18(14-12-17)32-23(29)25(2,3)4/h11-14,16,21H,5-10,15H2,1-4H3,(H2,26,27,30). The van der Waals surface area contributed by atoms with E-state index in [-0.39, 0.29) is 12.0 Å². The predicted molar refractivity (Wildman–Crippen MR) is 121 cm³/mol. The van der Waals surface area contributed by atoms with Gasteiger partial charge < -0.3 is 20.1 Å². The third-order valence-electron chi connectivity index (χ3n) is 5.94. The van der Waals surface area contributed by atoms with E-state index in [1.54, 1.807) is 45.0 Å². The summed E-state index contributed by atoms with van der Waals surface area (Å²) in [7, 11) is 0. The molecule has 7 nitrogen and oxygen atoms in total. The number of allylic oxidation sites excluding steroid dienone is 1. The average molecular weight is 443 g/mol. The zero-order valence-corrected chi connectivity index (χ0v) is 19.5. The molecule has 174 valence electrons. The topological polar surface area (TPSA) is 93.7 Å². The Bertz CT molecular complexity index is 877. The maximum absolute atomic E-state index is 13.1. The summed E-state index contributed by atoms with van der Waals surface area (Å²) in [4.78, 5) is 37.4. The van der Waals surface area contributed by atoms with Crippen LogP contribution in [-0.4, -0.2) is 24.6 Å². The fourth-order valence-corrected chi connectivity index (χ4v) is 4.00. The van der Waals surface area contributed by atoms with Crippen LogP contribution in [-0.2, 0) is 14.3 Å². The van der Waals surface area contributed by atoms with Gasteiger partial charge in [-0.25, -0.2) is 9.59 Å². The van der Waals surface area contributed by atoms with Crippen molar-refractivity contribution in [2.24, 2.45) is 11.3 Å². The second-order valence-electron chi connectivity index (χ2n) is 9.59. The smallest absolute Gasteiger partial charge is 0.338 e. The van der Waals surface area contributed by atoms with Crippen LogP contribution in [0, 0.1) is 11.3 Å². The number of carbonyl (C=O) groups is 3. The molecular formula is C25H34N2O5. The van der Waals surface area contributed by atoms with Crippen LogP contribution >= 0.6 is 0 Å². The minimum atomic E-state index is -0.634. The highest BCUT2D eigenvalue weighted by molar-refractivity contribution is 5.95. The third kappa shape index (κ3) is 5.90. The Morgan fingerprint density at radius 2 is 1.72 bits per heavy atom. The first-order valence-corrected chi connectivity index (χ1v) is 11.5. The van der Waals surface area contributed by atoms with E-state index >= 15 is 0 Å². The summed E-state index contributed by atoms with van der Waals surface area (Å²) in [5, 5.41) is 5.58. The van der Waals surface area contributed by atoms with Crippen LogP contribution in [0.5, 0.6) is 5.75 Å². The first kappa shape index (κ1) is 23.8. The molecule has 0 aromatic heterocycles. The van der Waals surface area contributed by atoms with Crippen molar-refractivity contribution in [2.45, 2.75) is 72.3 Å². The van der Waals surface area contributed by atoms with Gasteiger partial charge in [0, 0.05) is 5.70 Å². The molecule has 0 radical (unpaired) electrons. The van der Waals surface area contributed by atoms with Gasteiger partial charge in [-0.15, -0.1) is 0 Å². The lowest BCUT2D eigenvalue weighted by Crippen LogP contribution is -2.46. The number of urea groups is 1. The van der Waals surface area contributed by atoms with Crippen LogP contribution in [0.15, 0.2) is 35.5 Å². The quantitative estimate of drug-likeness (QED) is 0.488. The van der Waals surface area contributed by atoms with Crippen LogP contribution < -0.4 is 15.4 Å². The Balaban J connectivity index is 1.78. The van der Waals surface area contributed by atoms with Gasteiger partial charge in [-0.1, -0.05) is 38.3 Å². The molecular weight excluding hydrogens is 408 g/mol. The van der Waals surface area contributed by atoms with Crippen molar-refractivity contribution in [3.8, 4) is 5.75 Å². The molecule has 2 N–H and O–H groups in total. The lowest BCUT2D eigenvalue weighted by Gasteiger charge is -2.30. The van der Waals surface area contributed by atoms with E-state index in [9.17, 15) is 14.4 Å². The molecule has 1 saturated carbocycles. The number of ether oxygens (including phenoxy) is 2. The average Bonchev–Trinajstić information content (AvgIpc) is 2.77. The molecule has 1 atom stereocenters. The second kappa shape index (κ2) is 10.2. The maximum Gasteiger partial charge on any atom is 0.338 e. The summed E-state index contributed by atoms with van der Waals surface area (Å²) in [6.07, 6.45) is 6.27. The monoisotopic (exact) mass is 442 g/mol. The molecule has 0 bridgehead atoms. The van der Waals surface area contributed by atoms with E-state index in [1.165, 1.54) is 19.3 Å². The summed E-state index contributed by atoms with van der Waals surface area (Å²) >= 11 is 0. The molecule has 3 rings (SSSR count). The molecule has 1 aromatic rings. The molecule has 0 saturated heterocycles. The first-order valence-electron chi connectivity index (χ1n) is 11.5. The molecule has 1 aromatic carbocycles. The number of benzene rings is 1. The highest BCUT2D eigenvalue weighted by Crippen LogP contribution is 2.31. The van der Waals surface area contributed by atoms with E-state index in [2.05, 4.69) is 10.6 Å². The van der Waals surface area contributed by atoms with Crippen LogP contribution in [0.4, 0.5) is 4.79 Å². The van der Waals surface area contributed by atoms with E-state index in [0.717, 1.165) is 12.8 Å². The van der Waals surface area contributed by atoms with Gasteiger partial charge in [0.25, 0.3) is 0 Å². The lowest BCUT2D eigenvalue weighted by atomic mass is 9.90. The summed E-state index contributed by atoms with van der Waals surface area (Å²) in [6.45, 7) is 7.66. The van der Waals surface area contributed by atoms with Crippen molar-refractivity contribution in [3.63, 3.8) is 0 Å². The van der Waals surface area contributed by atoms with Crippen molar-refractivity contribution < 1.29 is 23.9 Å². The van der Waals surface area contributed by atoms with Crippen molar-refractivity contribution in [1.29, 1.82) is 0 Å². The summed E-state index contributed by atoms with van der Waals surface area (Å²) in [6, 6.07) is 5.85. The molecule has 1 aliphatic heterocycles. The minimum Gasteiger partial charge on any atom is -0.462 e. The van der Waals surface area contributed by atoms with Gasteiger partial charge in [-0.2, -0.15) is 0 Å². The Kier molecular flexibility index (Phi) is 7.59. The lowest BCUT2D eigenvalue weighted by molar-refractivity contribution is -0.143. The highest BCUT2D eigenvalue weighted by Gasteiger charge is 2.33. The maximum atomic E-state index is 13.1. The zero-order chi connectivity index (χ0) is 23.3. The van der Waals surface area contributed by atoms with Gasteiger partial charge in [-0.05, 0) is 63.6 Å². The van der Waals surface area contributed by atoms with Crippen LogP contribution in [0.1, 0.15) is 77.8 Å². The van der Waals surface area contributed by atoms with Crippen molar-refractivity contribution >= 4 is 18.0 Å². The molecule has 0 spiro atoms. The minimum absolute atomic E-state index is 0.333. The summed E-state index contributed by atoms with van der Waals surface area (Å²) < 4.78 is 11.1. The molecule has 7 heteroatoms. The predicted octanol–water partition coefficient (Wildman–Crippen LogP) is 4.78. The Labute approximate surface area is 189 Å². The number of hydrogen-bond acceptors (Lipinski definition) is 5. The molecule has 1 fully saturated rings. The molecule has 2 amide bonds. The summed E-state index contributed by atoms with van der Waals surface area (Å²) in [5.74, 6) is 0.0727. The fourth-order valence-electron chi connectivity index (χ4n) is 4.00. The van der Waals surface area contributed by atoms with E-state index < -0.39 is 17.4 Å². The van der Waals surface area contributed by atoms with Crippen molar-refractivity contribution in [1.82, 2.24) is 10.6 Å². The SMILES string of the molecule is CCC1=C(C(=O)OCC2CCCCC2)C(c2ccc(OC(=O)C(C)(C)C)cc2)NC(=O)N1. The van der Waals surface area contributed by atoms with Crippen molar-refractivity contribution in [3.05, 3.63) is 41.1 Å². The normalized spacial score (nSPS) is 19.8. The number of rotatable bonds is 6. The van der Waals surface area contributed by atoms with E-state index in [1.807, 2.05) is 6.92 Å². The summed E-state index contributed by atoms with van der Waals surface area (Å²) in [5.41, 5.74) is 1.08. The number of esters is 2. The largest absolute Gasteiger partial charge is 0.462 e. The van der Waals surface area contributed by atoms with Gasteiger partial charge >= 0.3 is 18.0 Å². The number of amides is 2.